The monoisotopic (exact) mass is 263 g/mol. The van der Waals surface area contributed by atoms with Gasteiger partial charge < -0.3 is 15.1 Å². The van der Waals surface area contributed by atoms with Crippen LogP contribution in [0.15, 0.2) is 27.4 Å². The van der Waals surface area contributed by atoms with E-state index in [0.29, 0.717) is 11.5 Å². The number of fused-ring (bicyclic) bond motifs is 1. The molecule has 0 radical (unpaired) electrons. The fourth-order valence-electron chi connectivity index (χ4n) is 2.16. The van der Waals surface area contributed by atoms with Crippen LogP contribution in [0.4, 0.5) is 5.69 Å². The van der Waals surface area contributed by atoms with Gasteiger partial charge in [-0.05, 0) is 31.6 Å². The summed E-state index contributed by atoms with van der Waals surface area (Å²) in [5, 5.41) is 6.58. The molecule has 0 saturated carbocycles. The first kappa shape index (κ1) is 13.7. The number of aromatic nitrogens is 1. The standard InChI is InChI=1S/C14H21N3O2/c1-4-10(8-15-2)9-16-11-5-6-12-13(7-11)19-14(18)17(12)3/h5-7,10,15-16H,4,8-9H2,1-3H3. The lowest BCUT2D eigenvalue weighted by Crippen LogP contribution is -2.24. The molecule has 0 fully saturated rings. The van der Waals surface area contributed by atoms with Crippen molar-refractivity contribution in [3.8, 4) is 0 Å². The molecule has 0 spiro atoms. The van der Waals surface area contributed by atoms with E-state index in [-0.39, 0.29) is 5.76 Å². The number of hydrogen-bond acceptors (Lipinski definition) is 4. The molecular weight excluding hydrogens is 242 g/mol. The lowest BCUT2D eigenvalue weighted by Gasteiger charge is -2.15. The average molecular weight is 263 g/mol. The number of hydrogen-bond donors (Lipinski definition) is 2. The van der Waals surface area contributed by atoms with Crippen LogP contribution in [0.3, 0.4) is 0 Å². The molecule has 0 aliphatic rings. The van der Waals surface area contributed by atoms with Gasteiger partial charge in [-0.1, -0.05) is 13.3 Å². The summed E-state index contributed by atoms with van der Waals surface area (Å²) in [6.07, 6.45) is 1.12. The fraction of sp³-hybridized carbons (Fsp3) is 0.500. The summed E-state index contributed by atoms with van der Waals surface area (Å²) in [6.45, 7) is 4.08. The van der Waals surface area contributed by atoms with Crippen molar-refractivity contribution in [3.05, 3.63) is 28.7 Å². The Labute approximate surface area is 112 Å². The lowest BCUT2D eigenvalue weighted by atomic mass is 10.1. The zero-order chi connectivity index (χ0) is 13.8. The molecule has 5 heteroatoms. The highest BCUT2D eigenvalue weighted by molar-refractivity contribution is 5.77. The third-order valence-electron chi connectivity index (χ3n) is 3.46. The summed E-state index contributed by atoms with van der Waals surface area (Å²) < 4.78 is 6.68. The Bertz CT molecular complexity index is 600. The van der Waals surface area contributed by atoms with Gasteiger partial charge in [-0.3, -0.25) is 4.57 Å². The van der Waals surface area contributed by atoms with Gasteiger partial charge in [-0.15, -0.1) is 0 Å². The molecule has 2 aromatic rings. The molecule has 19 heavy (non-hydrogen) atoms. The number of rotatable bonds is 6. The highest BCUT2D eigenvalue weighted by atomic mass is 16.4. The smallest absolute Gasteiger partial charge is 0.408 e. The predicted octanol–water partition coefficient (Wildman–Crippen LogP) is 1.79. The highest BCUT2D eigenvalue weighted by Crippen LogP contribution is 2.18. The van der Waals surface area contributed by atoms with Crippen LogP contribution in [0, 0.1) is 5.92 Å². The lowest BCUT2D eigenvalue weighted by molar-refractivity contribution is 0.506. The van der Waals surface area contributed by atoms with Gasteiger partial charge in [0.15, 0.2) is 5.58 Å². The van der Waals surface area contributed by atoms with Crippen LogP contribution < -0.4 is 16.4 Å². The minimum Gasteiger partial charge on any atom is -0.408 e. The minimum atomic E-state index is -0.325. The maximum Gasteiger partial charge on any atom is 0.419 e. The third kappa shape index (κ3) is 2.98. The first-order valence-corrected chi connectivity index (χ1v) is 6.63. The molecule has 1 heterocycles. The van der Waals surface area contributed by atoms with E-state index >= 15 is 0 Å². The van der Waals surface area contributed by atoms with Gasteiger partial charge in [0.25, 0.3) is 0 Å². The molecule has 2 rings (SSSR count). The molecule has 2 N–H and O–H groups in total. The molecule has 1 unspecified atom stereocenters. The second-order valence-electron chi connectivity index (χ2n) is 4.82. The Hall–Kier alpha value is -1.75. The maximum atomic E-state index is 11.4. The zero-order valence-corrected chi connectivity index (χ0v) is 11.7. The Morgan fingerprint density at radius 2 is 2.16 bits per heavy atom. The number of benzene rings is 1. The summed E-state index contributed by atoms with van der Waals surface area (Å²) in [6, 6.07) is 5.76. The number of oxazole rings is 1. The van der Waals surface area contributed by atoms with Crippen molar-refractivity contribution in [1.29, 1.82) is 0 Å². The van der Waals surface area contributed by atoms with Crippen molar-refractivity contribution < 1.29 is 4.42 Å². The SMILES string of the molecule is CCC(CNC)CNc1ccc2c(c1)oc(=O)n2C. The predicted molar refractivity (Wildman–Crippen MR) is 77.7 cm³/mol. The van der Waals surface area contributed by atoms with Gasteiger partial charge in [0.2, 0.25) is 0 Å². The molecule has 0 aliphatic carbocycles. The fourth-order valence-corrected chi connectivity index (χ4v) is 2.16. The van der Waals surface area contributed by atoms with Crippen molar-refractivity contribution in [1.82, 2.24) is 9.88 Å². The second kappa shape index (κ2) is 5.93. The van der Waals surface area contributed by atoms with Crippen LogP contribution in [-0.2, 0) is 7.05 Å². The minimum absolute atomic E-state index is 0.325. The summed E-state index contributed by atoms with van der Waals surface area (Å²) in [7, 11) is 3.68. The molecule has 0 aliphatic heterocycles. The van der Waals surface area contributed by atoms with Crippen LogP contribution >= 0.6 is 0 Å². The van der Waals surface area contributed by atoms with Gasteiger partial charge >= 0.3 is 5.76 Å². The Balaban J connectivity index is 2.11. The quantitative estimate of drug-likeness (QED) is 0.834. The molecule has 1 atom stereocenters. The van der Waals surface area contributed by atoms with Crippen molar-refractivity contribution >= 4 is 16.8 Å². The Kier molecular flexibility index (Phi) is 4.27. The van der Waals surface area contributed by atoms with Crippen LogP contribution in [0.2, 0.25) is 0 Å². The average Bonchev–Trinajstić information content (AvgIpc) is 2.69. The van der Waals surface area contributed by atoms with Gasteiger partial charge in [0, 0.05) is 25.3 Å². The topological polar surface area (TPSA) is 59.2 Å². The van der Waals surface area contributed by atoms with Crippen molar-refractivity contribution in [3.63, 3.8) is 0 Å². The zero-order valence-electron chi connectivity index (χ0n) is 11.7. The van der Waals surface area contributed by atoms with E-state index in [1.54, 1.807) is 7.05 Å². The summed E-state index contributed by atoms with van der Waals surface area (Å²) in [4.78, 5) is 11.4. The summed E-state index contributed by atoms with van der Waals surface area (Å²) in [5.41, 5.74) is 2.42. The van der Waals surface area contributed by atoms with Crippen LogP contribution in [0.5, 0.6) is 0 Å². The van der Waals surface area contributed by atoms with Crippen molar-refractivity contribution in [2.75, 3.05) is 25.5 Å². The van der Waals surface area contributed by atoms with E-state index in [9.17, 15) is 4.79 Å². The molecule has 0 amide bonds. The highest BCUT2D eigenvalue weighted by Gasteiger charge is 2.08. The largest absolute Gasteiger partial charge is 0.419 e. The molecule has 0 saturated heterocycles. The van der Waals surface area contributed by atoms with Gasteiger partial charge in [0.1, 0.15) is 0 Å². The first-order chi connectivity index (χ1) is 9.15. The van der Waals surface area contributed by atoms with Gasteiger partial charge in [-0.25, -0.2) is 4.79 Å². The van der Waals surface area contributed by atoms with E-state index in [0.717, 1.165) is 30.7 Å². The second-order valence-corrected chi connectivity index (χ2v) is 4.82. The van der Waals surface area contributed by atoms with Crippen LogP contribution in [-0.4, -0.2) is 24.7 Å². The van der Waals surface area contributed by atoms with E-state index < -0.39 is 0 Å². The number of nitrogens with zero attached hydrogens (tertiary/aromatic N) is 1. The molecule has 1 aromatic heterocycles. The number of nitrogens with one attached hydrogen (secondary N) is 2. The van der Waals surface area contributed by atoms with Gasteiger partial charge in [0.05, 0.1) is 5.52 Å². The Morgan fingerprint density at radius 1 is 1.37 bits per heavy atom. The maximum absolute atomic E-state index is 11.4. The first-order valence-electron chi connectivity index (χ1n) is 6.63. The van der Waals surface area contributed by atoms with E-state index in [1.807, 2.05) is 25.2 Å². The Morgan fingerprint density at radius 3 is 2.84 bits per heavy atom. The third-order valence-corrected chi connectivity index (χ3v) is 3.46. The number of aryl methyl sites for hydroxylation is 1. The molecule has 104 valence electrons. The molecular formula is C14H21N3O2. The van der Waals surface area contributed by atoms with Crippen LogP contribution in [0.25, 0.3) is 11.1 Å². The molecule has 0 bridgehead atoms. The summed E-state index contributed by atoms with van der Waals surface area (Å²) in [5.74, 6) is 0.261. The van der Waals surface area contributed by atoms with Crippen molar-refractivity contribution in [2.45, 2.75) is 13.3 Å². The van der Waals surface area contributed by atoms with E-state index in [2.05, 4.69) is 17.6 Å². The van der Waals surface area contributed by atoms with Crippen LogP contribution in [0.1, 0.15) is 13.3 Å². The summed E-state index contributed by atoms with van der Waals surface area (Å²) >= 11 is 0. The normalized spacial score (nSPS) is 12.8. The van der Waals surface area contributed by atoms with Crippen molar-refractivity contribution in [2.24, 2.45) is 13.0 Å². The van der Waals surface area contributed by atoms with E-state index in [4.69, 9.17) is 4.42 Å². The number of anilines is 1. The van der Waals surface area contributed by atoms with Gasteiger partial charge in [-0.2, -0.15) is 0 Å². The van der Waals surface area contributed by atoms with E-state index in [1.165, 1.54) is 4.57 Å². The molecule has 5 nitrogen and oxygen atoms in total. The molecule has 1 aromatic carbocycles.